The first kappa shape index (κ1) is 12.5. The summed E-state index contributed by atoms with van der Waals surface area (Å²) in [6.07, 6.45) is 0.905. The van der Waals surface area contributed by atoms with Crippen LogP contribution in [-0.2, 0) is 0 Å². The molecule has 0 atom stereocenters. The number of rotatable bonds is 5. The zero-order chi connectivity index (χ0) is 12.0. The molecule has 0 amide bonds. The van der Waals surface area contributed by atoms with E-state index in [1.54, 1.807) is 6.07 Å². The highest BCUT2D eigenvalue weighted by molar-refractivity contribution is 5.59. The lowest BCUT2D eigenvalue weighted by Crippen LogP contribution is -2.28. The molecule has 0 bridgehead atoms. The Morgan fingerprint density at radius 3 is 2.75 bits per heavy atom. The Labute approximate surface area is 94.7 Å². The van der Waals surface area contributed by atoms with E-state index in [1.807, 2.05) is 17.9 Å². The van der Waals surface area contributed by atoms with Crippen molar-refractivity contribution in [1.82, 2.24) is 0 Å². The Kier molecular flexibility index (Phi) is 4.74. The fourth-order valence-corrected chi connectivity index (χ4v) is 1.62. The van der Waals surface area contributed by atoms with Crippen LogP contribution in [-0.4, -0.2) is 24.8 Å². The van der Waals surface area contributed by atoms with Crippen LogP contribution in [0.15, 0.2) is 18.2 Å². The Balaban J connectivity index is 3.03. The molecule has 0 fully saturated rings. The smallest absolute Gasteiger partial charge is 0.124 e. The molecule has 0 saturated carbocycles. The van der Waals surface area contributed by atoms with E-state index in [9.17, 15) is 4.39 Å². The van der Waals surface area contributed by atoms with Crippen LogP contribution in [0, 0.1) is 17.1 Å². The second-order valence-electron chi connectivity index (χ2n) is 3.48. The number of halogens is 1. The average Bonchev–Trinajstić information content (AvgIpc) is 2.28. The molecule has 16 heavy (non-hydrogen) atoms. The van der Waals surface area contributed by atoms with E-state index in [2.05, 4.69) is 0 Å². The van der Waals surface area contributed by atoms with Crippen molar-refractivity contribution in [2.24, 2.45) is 0 Å². The number of nitrogens with zero attached hydrogens (tertiary/aromatic N) is 2. The van der Waals surface area contributed by atoms with Crippen molar-refractivity contribution in [1.29, 1.82) is 5.26 Å². The summed E-state index contributed by atoms with van der Waals surface area (Å²) in [5, 5.41) is 17.9. The third kappa shape index (κ3) is 2.94. The Morgan fingerprint density at radius 2 is 2.19 bits per heavy atom. The van der Waals surface area contributed by atoms with Crippen LogP contribution in [0.1, 0.15) is 18.9 Å². The van der Waals surface area contributed by atoms with Crippen molar-refractivity contribution >= 4 is 5.69 Å². The quantitative estimate of drug-likeness (QED) is 0.827. The van der Waals surface area contributed by atoms with Gasteiger partial charge >= 0.3 is 0 Å². The monoisotopic (exact) mass is 222 g/mol. The van der Waals surface area contributed by atoms with Crippen LogP contribution < -0.4 is 4.90 Å². The Morgan fingerprint density at radius 1 is 1.44 bits per heavy atom. The van der Waals surface area contributed by atoms with E-state index >= 15 is 0 Å². The molecule has 0 radical (unpaired) electrons. The summed E-state index contributed by atoms with van der Waals surface area (Å²) in [6, 6.07) is 6.10. The highest BCUT2D eigenvalue weighted by Crippen LogP contribution is 2.21. The molecule has 0 aliphatic heterocycles. The largest absolute Gasteiger partial charge is 0.395 e. The fourth-order valence-electron chi connectivity index (χ4n) is 1.62. The minimum atomic E-state index is -0.416. The van der Waals surface area contributed by atoms with Crippen LogP contribution in [0.25, 0.3) is 0 Å². The summed E-state index contributed by atoms with van der Waals surface area (Å²) in [6.45, 7) is 3.22. The van der Waals surface area contributed by atoms with E-state index in [0.717, 1.165) is 13.0 Å². The molecule has 3 nitrogen and oxygen atoms in total. The summed E-state index contributed by atoms with van der Waals surface area (Å²) in [7, 11) is 0. The van der Waals surface area contributed by atoms with Crippen LogP contribution >= 0.6 is 0 Å². The number of hydrogen-bond donors (Lipinski definition) is 1. The van der Waals surface area contributed by atoms with Crippen LogP contribution in [0.5, 0.6) is 0 Å². The van der Waals surface area contributed by atoms with Crippen LogP contribution in [0.2, 0.25) is 0 Å². The molecule has 1 aromatic carbocycles. The summed E-state index contributed by atoms with van der Waals surface area (Å²) in [5.74, 6) is -0.416. The molecule has 0 aromatic heterocycles. The van der Waals surface area contributed by atoms with E-state index < -0.39 is 5.82 Å². The summed E-state index contributed by atoms with van der Waals surface area (Å²) >= 11 is 0. The molecule has 0 aliphatic carbocycles. The molecule has 0 aliphatic rings. The predicted octanol–water partition coefficient (Wildman–Crippen LogP) is 1.91. The number of aliphatic hydroxyl groups excluding tert-OH is 1. The molecule has 4 heteroatoms. The maximum Gasteiger partial charge on any atom is 0.124 e. The van der Waals surface area contributed by atoms with Crippen molar-refractivity contribution in [3.05, 3.63) is 29.6 Å². The maximum atomic E-state index is 13.0. The highest BCUT2D eigenvalue weighted by Gasteiger charge is 2.10. The van der Waals surface area contributed by atoms with Crippen molar-refractivity contribution in [2.75, 3.05) is 24.6 Å². The molecule has 1 aromatic rings. The standard InChI is InChI=1S/C12H15FN2O/c1-2-5-15(6-7-16)12-4-3-11(13)8-10(12)9-14/h3-4,8,16H,2,5-7H2,1H3. The summed E-state index contributed by atoms with van der Waals surface area (Å²) in [4.78, 5) is 1.89. The van der Waals surface area contributed by atoms with Gasteiger partial charge in [-0.3, -0.25) is 0 Å². The van der Waals surface area contributed by atoms with Crippen LogP contribution in [0.4, 0.5) is 10.1 Å². The number of hydrogen-bond acceptors (Lipinski definition) is 3. The molecular formula is C12H15FN2O. The lowest BCUT2D eigenvalue weighted by atomic mass is 10.1. The number of nitriles is 1. The molecule has 0 heterocycles. The Hall–Kier alpha value is -1.60. The van der Waals surface area contributed by atoms with E-state index in [1.165, 1.54) is 12.1 Å². The van der Waals surface area contributed by atoms with Gasteiger partial charge in [0.2, 0.25) is 0 Å². The van der Waals surface area contributed by atoms with Crippen molar-refractivity contribution in [2.45, 2.75) is 13.3 Å². The molecule has 0 spiro atoms. The van der Waals surface area contributed by atoms with Gasteiger partial charge in [0, 0.05) is 13.1 Å². The second kappa shape index (κ2) is 6.09. The lowest BCUT2D eigenvalue weighted by molar-refractivity contribution is 0.302. The number of benzene rings is 1. The molecule has 0 saturated heterocycles. The first-order valence-electron chi connectivity index (χ1n) is 5.28. The predicted molar refractivity (Wildman–Crippen MR) is 60.7 cm³/mol. The van der Waals surface area contributed by atoms with Gasteiger partial charge in [-0.1, -0.05) is 6.92 Å². The SMILES string of the molecule is CCCN(CCO)c1ccc(F)cc1C#N. The summed E-state index contributed by atoms with van der Waals surface area (Å²) < 4.78 is 13.0. The van der Waals surface area contributed by atoms with Gasteiger partial charge in [-0.2, -0.15) is 5.26 Å². The van der Waals surface area contributed by atoms with E-state index in [0.29, 0.717) is 17.8 Å². The van der Waals surface area contributed by atoms with Gasteiger partial charge in [0.05, 0.1) is 17.9 Å². The van der Waals surface area contributed by atoms with Gasteiger partial charge < -0.3 is 10.0 Å². The average molecular weight is 222 g/mol. The van der Waals surface area contributed by atoms with E-state index in [4.69, 9.17) is 10.4 Å². The third-order valence-electron chi connectivity index (χ3n) is 2.28. The van der Waals surface area contributed by atoms with Gasteiger partial charge in [0.25, 0.3) is 0 Å². The fraction of sp³-hybridized carbons (Fsp3) is 0.417. The highest BCUT2D eigenvalue weighted by atomic mass is 19.1. The molecular weight excluding hydrogens is 207 g/mol. The topological polar surface area (TPSA) is 47.3 Å². The molecule has 1 rings (SSSR count). The van der Waals surface area contributed by atoms with Crippen LogP contribution in [0.3, 0.4) is 0 Å². The first-order chi connectivity index (χ1) is 7.72. The van der Waals surface area contributed by atoms with Gasteiger partial charge in [0.1, 0.15) is 11.9 Å². The van der Waals surface area contributed by atoms with Gasteiger partial charge in [-0.25, -0.2) is 4.39 Å². The minimum absolute atomic E-state index is 0.0161. The zero-order valence-electron chi connectivity index (χ0n) is 9.28. The normalized spacial score (nSPS) is 9.88. The first-order valence-corrected chi connectivity index (χ1v) is 5.28. The minimum Gasteiger partial charge on any atom is -0.395 e. The molecule has 1 N–H and O–H groups in total. The third-order valence-corrected chi connectivity index (χ3v) is 2.28. The second-order valence-corrected chi connectivity index (χ2v) is 3.48. The molecule has 86 valence electrons. The van der Waals surface area contributed by atoms with E-state index in [-0.39, 0.29) is 6.61 Å². The van der Waals surface area contributed by atoms with Crippen molar-refractivity contribution < 1.29 is 9.50 Å². The summed E-state index contributed by atoms with van der Waals surface area (Å²) in [5.41, 5.74) is 0.988. The number of anilines is 1. The maximum absolute atomic E-state index is 13.0. The molecule has 0 unspecified atom stereocenters. The lowest BCUT2D eigenvalue weighted by Gasteiger charge is -2.24. The van der Waals surface area contributed by atoms with Crippen molar-refractivity contribution in [3.63, 3.8) is 0 Å². The zero-order valence-corrected chi connectivity index (χ0v) is 9.28. The van der Waals surface area contributed by atoms with Crippen molar-refractivity contribution in [3.8, 4) is 6.07 Å². The van der Waals surface area contributed by atoms with Gasteiger partial charge in [-0.05, 0) is 24.6 Å². The number of aliphatic hydroxyl groups is 1. The van der Waals surface area contributed by atoms with Gasteiger partial charge in [-0.15, -0.1) is 0 Å². The van der Waals surface area contributed by atoms with Gasteiger partial charge in [0.15, 0.2) is 0 Å². The Bertz CT molecular complexity index is 381.